The number of nitrogens with one attached hydrogen (secondary N) is 2. The molecular formula is C36H38FN9O3. The van der Waals surface area contributed by atoms with Crippen LogP contribution in [0.15, 0.2) is 79.3 Å². The average molecular weight is 664 g/mol. The van der Waals surface area contributed by atoms with Gasteiger partial charge in [0, 0.05) is 85.8 Å². The van der Waals surface area contributed by atoms with Crippen molar-refractivity contribution >= 4 is 34.1 Å². The van der Waals surface area contributed by atoms with Gasteiger partial charge >= 0.3 is 0 Å². The number of amides is 2. The summed E-state index contributed by atoms with van der Waals surface area (Å²) in [7, 11) is 1.59. The number of fused-ring (bicyclic) bond motifs is 1. The van der Waals surface area contributed by atoms with Gasteiger partial charge in [-0.25, -0.2) is 15.0 Å². The molecule has 5 aromatic rings. The lowest BCUT2D eigenvalue weighted by Crippen LogP contribution is -2.56. The highest BCUT2D eigenvalue weighted by Gasteiger charge is 2.45. The predicted octanol–water partition coefficient (Wildman–Crippen LogP) is 4.24. The highest BCUT2D eigenvalue weighted by Crippen LogP contribution is 2.34. The SMILES string of the molecule is COC[C@@]1(C(=O)Nc2ccc3[nH]nc(-c4ccc(F)nc4)c3c2)CCN(CC(=O)N2CCN(c3ccc(-c4ncccn4)cc3)C[C@H]2C)C1. The summed E-state index contributed by atoms with van der Waals surface area (Å²) in [6.45, 7) is 5.64. The number of hydrogen-bond acceptors (Lipinski definition) is 9. The molecule has 0 unspecified atom stereocenters. The van der Waals surface area contributed by atoms with E-state index in [0.717, 1.165) is 35.2 Å². The average Bonchev–Trinajstić information content (AvgIpc) is 3.73. The summed E-state index contributed by atoms with van der Waals surface area (Å²) in [5, 5.41) is 11.2. The fourth-order valence-corrected chi connectivity index (χ4v) is 6.94. The van der Waals surface area contributed by atoms with Crippen LogP contribution in [-0.2, 0) is 14.3 Å². The summed E-state index contributed by atoms with van der Waals surface area (Å²) in [5.74, 6) is 0.0223. The second-order valence-corrected chi connectivity index (χ2v) is 12.8. The first-order valence-corrected chi connectivity index (χ1v) is 16.4. The van der Waals surface area contributed by atoms with Gasteiger partial charge in [-0.1, -0.05) is 0 Å². The van der Waals surface area contributed by atoms with Gasteiger partial charge in [0.2, 0.25) is 17.8 Å². The third-order valence-corrected chi connectivity index (χ3v) is 9.52. The Kier molecular flexibility index (Phi) is 9.02. The van der Waals surface area contributed by atoms with Crippen molar-refractivity contribution in [3.05, 3.63) is 85.2 Å². The molecular weight excluding hydrogens is 625 g/mol. The van der Waals surface area contributed by atoms with Crippen molar-refractivity contribution in [1.82, 2.24) is 34.9 Å². The number of hydrogen-bond donors (Lipinski definition) is 2. The molecule has 2 atom stereocenters. The third kappa shape index (κ3) is 6.72. The Morgan fingerprint density at radius 3 is 2.55 bits per heavy atom. The first kappa shape index (κ1) is 32.3. The summed E-state index contributed by atoms with van der Waals surface area (Å²) in [4.78, 5) is 46.2. The Balaban J connectivity index is 0.970. The molecule has 0 radical (unpaired) electrons. The van der Waals surface area contributed by atoms with E-state index in [1.165, 1.54) is 12.3 Å². The van der Waals surface area contributed by atoms with Gasteiger partial charge in [-0.15, -0.1) is 0 Å². The minimum absolute atomic E-state index is 0.0291. The number of carbonyl (C=O) groups excluding carboxylic acids is 2. The van der Waals surface area contributed by atoms with Gasteiger partial charge in [-0.05, 0) is 80.6 Å². The van der Waals surface area contributed by atoms with E-state index in [-0.39, 0.29) is 31.0 Å². The smallest absolute Gasteiger partial charge is 0.237 e. The molecule has 0 saturated carbocycles. The van der Waals surface area contributed by atoms with Gasteiger partial charge in [0.15, 0.2) is 5.82 Å². The van der Waals surface area contributed by atoms with Crippen LogP contribution >= 0.6 is 0 Å². The number of ether oxygens (including phenoxy) is 1. The number of aromatic nitrogens is 5. The second kappa shape index (κ2) is 13.7. The van der Waals surface area contributed by atoms with E-state index in [2.05, 4.69) is 59.3 Å². The fraction of sp³-hybridized carbons (Fsp3) is 0.333. The monoisotopic (exact) mass is 663 g/mol. The van der Waals surface area contributed by atoms with Crippen molar-refractivity contribution in [3.63, 3.8) is 0 Å². The van der Waals surface area contributed by atoms with Gasteiger partial charge in [-0.3, -0.25) is 19.6 Å². The van der Waals surface area contributed by atoms with Gasteiger partial charge in [0.05, 0.1) is 24.1 Å². The molecule has 0 bridgehead atoms. The number of halogens is 1. The summed E-state index contributed by atoms with van der Waals surface area (Å²) < 4.78 is 19.0. The lowest BCUT2D eigenvalue weighted by molar-refractivity contribution is -0.135. The standard InChI is InChI=1S/C36H38FN9O3/c1-24-20-45(28-8-4-25(5-9-28)34-38-13-3-14-39-34)16-17-46(24)32(47)21-44-15-12-36(22-44,23-49-2)35(48)41-27-7-10-30-29(18-27)33(43-42-30)26-6-11-31(37)40-19-26/h3-11,13-14,18-19,24H,12,15-17,20-23H2,1-2H3,(H,41,48)(H,42,43)/t24-,36-/m1/s1. The van der Waals surface area contributed by atoms with Crippen molar-refractivity contribution in [2.75, 3.05) is 63.2 Å². The van der Waals surface area contributed by atoms with Gasteiger partial charge < -0.3 is 19.9 Å². The minimum atomic E-state index is -0.814. The first-order chi connectivity index (χ1) is 23.8. The largest absolute Gasteiger partial charge is 0.384 e. The maximum atomic E-state index is 13.9. The van der Waals surface area contributed by atoms with Crippen LogP contribution in [0.4, 0.5) is 15.8 Å². The minimum Gasteiger partial charge on any atom is -0.384 e. The van der Waals surface area contributed by atoms with Crippen LogP contribution < -0.4 is 10.2 Å². The topological polar surface area (TPSA) is 132 Å². The van der Waals surface area contributed by atoms with E-state index in [0.29, 0.717) is 48.8 Å². The van der Waals surface area contributed by atoms with Crippen molar-refractivity contribution in [2.24, 2.45) is 5.41 Å². The van der Waals surface area contributed by atoms with Crippen molar-refractivity contribution < 1.29 is 18.7 Å². The molecule has 3 aromatic heterocycles. The molecule has 49 heavy (non-hydrogen) atoms. The van der Waals surface area contributed by atoms with Crippen LogP contribution in [0.5, 0.6) is 0 Å². The summed E-state index contributed by atoms with van der Waals surface area (Å²) in [6.07, 6.45) is 5.46. The van der Waals surface area contributed by atoms with E-state index in [1.54, 1.807) is 31.6 Å². The molecule has 5 heterocycles. The zero-order valence-electron chi connectivity index (χ0n) is 27.5. The molecule has 12 nitrogen and oxygen atoms in total. The lowest BCUT2D eigenvalue weighted by Gasteiger charge is -2.41. The molecule has 2 amide bonds. The van der Waals surface area contributed by atoms with E-state index < -0.39 is 11.4 Å². The van der Waals surface area contributed by atoms with Crippen molar-refractivity contribution in [3.8, 4) is 22.6 Å². The molecule has 7 rings (SSSR count). The molecule has 2 N–H and O–H groups in total. The number of benzene rings is 2. The van der Waals surface area contributed by atoms with Crippen LogP contribution in [0.25, 0.3) is 33.5 Å². The summed E-state index contributed by atoms with van der Waals surface area (Å²) in [5.41, 5.74) is 3.90. The molecule has 0 spiro atoms. The van der Waals surface area contributed by atoms with Gasteiger partial charge in [0.1, 0.15) is 5.69 Å². The van der Waals surface area contributed by atoms with E-state index in [1.807, 2.05) is 35.2 Å². The lowest BCUT2D eigenvalue weighted by atomic mass is 9.87. The summed E-state index contributed by atoms with van der Waals surface area (Å²) >= 11 is 0. The molecule has 2 aliphatic rings. The third-order valence-electron chi connectivity index (χ3n) is 9.52. The molecule has 0 aliphatic carbocycles. The van der Waals surface area contributed by atoms with Crippen LogP contribution in [0.2, 0.25) is 0 Å². The number of nitrogens with zero attached hydrogens (tertiary/aromatic N) is 7. The van der Waals surface area contributed by atoms with Gasteiger partial charge in [0.25, 0.3) is 0 Å². The van der Waals surface area contributed by atoms with Crippen LogP contribution in [0.1, 0.15) is 13.3 Å². The zero-order valence-corrected chi connectivity index (χ0v) is 27.5. The number of H-pyrrole nitrogens is 1. The Labute approximate surface area is 283 Å². The van der Waals surface area contributed by atoms with E-state index >= 15 is 0 Å². The van der Waals surface area contributed by atoms with Crippen molar-refractivity contribution in [1.29, 1.82) is 0 Å². The molecule has 2 saturated heterocycles. The number of likely N-dealkylation sites (tertiary alicyclic amines) is 1. The number of rotatable bonds is 9. The summed E-state index contributed by atoms with van der Waals surface area (Å²) in [6, 6.07) is 18.5. The van der Waals surface area contributed by atoms with Gasteiger partial charge in [-0.2, -0.15) is 9.49 Å². The quantitative estimate of drug-likeness (QED) is 0.222. The van der Waals surface area contributed by atoms with Crippen LogP contribution in [-0.4, -0.2) is 106 Å². The van der Waals surface area contributed by atoms with E-state index in [9.17, 15) is 14.0 Å². The molecule has 252 valence electrons. The Morgan fingerprint density at radius 2 is 1.82 bits per heavy atom. The molecule has 13 heteroatoms. The first-order valence-electron chi connectivity index (χ1n) is 16.4. The van der Waals surface area contributed by atoms with Crippen LogP contribution in [0.3, 0.4) is 0 Å². The maximum Gasteiger partial charge on any atom is 0.237 e. The second-order valence-electron chi connectivity index (χ2n) is 12.8. The number of pyridine rings is 1. The predicted molar refractivity (Wildman–Crippen MR) is 184 cm³/mol. The Bertz CT molecular complexity index is 1940. The highest BCUT2D eigenvalue weighted by atomic mass is 19.1. The normalized spacial score (nSPS) is 19.8. The van der Waals surface area contributed by atoms with Crippen LogP contribution in [0, 0.1) is 11.4 Å². The fourth-order valence-electron chi connectivity index (χ4n) is 6.94. The molecule has 2 fully saturated rings. The highest BCUT2D eigenvalue weighted by molar-refractivity contribution is 6.00. The Morgan fingerprint density at radius 1 is 1.02 bits per heavy atom. The Hall–Kier alpha value is -5.27. The number of anilines is 2. The van der Waals surface area contributed by atoms with E-state index in [4.69, 9.17) is 4.74 Å². The number of piperazine rings is 1. The number of methoxy groups -OCH3 is 1. The number of aromatic amines is 1. The van der Waals surface area contributed by atoms with Crippen molar-refractivity contribution in [2.45, 2.75) is 19.4 Å². The maximum absolute atomic E-state index is 13.9. The number of carbonyl (C=O) groups is 2. The zero-order chi connectivity index (χ0) is 34.0. The molecule has 2 aliphatic heterocycles. The molecule has 2 aromatic carbocycles.